The van der Waals surface area contributed by atoms with Gasteiger partial charge in [0.25, 0.3) is 0 Å². The van der Waals surface area contributed by atoms with Crippen LogP contribution in [-0.2, 0) is 6.54 Å². The molecule has 4 heteroatoms. The molecule has 0 radical (unpaired) electrons. The van der Waals surface area contributed by atoms with Crippen molar-refractivity contribution in [1.29, 1.82) is 0 Å². The Morgan fingerprint density at radius 1 is 1.26 bits per heavy atom. The van der Waals surface area contributed by atoms with Gasteiger partial charge in [-0.1, -0.05) is 26.2 Å². The highest BCUT2D eigenvalue weighted by Crippen LogP contribution is 2.29. The van der Waals surface area contributed by atoms with E-state index in [-0.39, 0.29) is 12.1 Å². The van der Waals surface area contributed by atoms with Crippen molar-refractivity contribution in [3.05, 3.63) is 17.0 Å². The van der Waals surface area contributed by atoms with Crippen LogP contribution in [0.5, 0.6) is 0 Å². The van der Waals surface area contributed by atoms with Gasteiger partial charge in [-0.05, 0) is 33.2 Å². The largest absolute Gasteiger partial charge is 0.391 e. The van der Waals surface area contributed by atoms with Crippen LogP contribution in [0.25, 0.3) is 0 Å². The monoisotopic (exact) mass is 265 g/mol. The summed E-state index contributed by atoms with van der Waals surface area (Å²) < 4.78 is 2.08. The van der Waals surface area contributed by atoms with Crippen LogP contribution in [0.4, 0.5) is 0 Å². The average molecular weight is 265 g/mol. The molecular formula is C15H27N3O. The zero-order valence-electron chi connectivity index (χ0n) is 12.4. The van der Waals surface area contributed by atoms with Crippen molar-refractivity contribution < 1.29 is 5.11 Å². The van der Waals surface area contributed by atoms with Crippen LogP contribution in [0.1, 0.15) is 62.0 Å². The summed E-state index contributed by atoms with van der Waals surface area (Å²) in [4.78, 5) is 0. The van der Waals surface area contributed by atoms with Crippen molar-refractivity contribution in [2.75, 3.05) is 6.54 Å². The molecule has 1 aliphatic rings. The molecular weight excluding hydrogens is 238 g/mol. The smallest absolute Gasteiger partial charge is 0.0781 e. The van der Waals surface area contributed by atoms with Crippen LogP contribution in [0.15, 0.2) is 0 Å². The Bertz CT molecular complexity index is 414. The van der Waals surface area contributed by atoms with Crippen molar-refractivity contribution in [2.45, 2.75) is 71.6 Å². The number of aryl methyl sites for hydroxylation is 1. The normalized spacial score (nSPS) is 24.4. The van der Waals surface area contributed by atoms with Crippen molar-refractivity contribution in [2.24, 2.45) is 0 Å². The molecule has 1 aromatic rings. The SMILES string of the molecule is CCNCc1c(C)nn(C2CCCCCC2O)c1C. The molecule has 4 nitrogen and oxygen atoms in total. The van der Waals surface area contributed by atoms with Crippen molar-refractivity contribution in [3.63, 3.8) is 0 Å². The lowest BCUT2D eigenvalue weighted by Gasteiger charge is -2.22. The molecule has 1 aromatic heterocycles. The van der Waals surface area contributed by atoms with E-state index in [4.69, 9.17) is 5.10 Å². The standard InChI is InChI=1S/C15H27N3O/c1-4-16-10-13-11(2)17-18(12(13)3)14-8-6-5-7-9-15(14)19/h14-16,19H,4-10H2,1-3H3. The van der Waals surface area contributed by atoms with Crippen LogP contribution in [0, 0.1) is 13.8 Å². The highest BCUT2D eigenvalue weighted by atomic mass is 16.3. The molecule has 0 aromatic carbocycles. The summed E-state index contributed by atoms with van der Waals surface area (Å²) in [5.41, 5.74) is 3.59. The summed E-state index contributed by atoms with van der Waals surface area (Å²) in [5.74, 6) is 0. The second-order valence-electron chi connectivity index (χ2n) is 5.65. The number of aromatic nitrogens is 2. The lowest BCUT2D eigenvalue weighted by Crippen LogP contribution is -2.25. The molecule has 0 saturated heterocycles. The molecule has 2 N–H and O–H groups in total. The quantitative estimate of drug-likeness (QED) is 0.822. The van der Waals surface area contributed by atoms with Crippen LogP contribution < -0.4 is 5.32 Å². The van der Waals surface area contributed by atoms with E-state index < -0.39 is 0 Å². The molecule has 108 valence electrons. The molecule has 2 rings (SSSR count). The highest BCUT2D eigenvalue weighted by Gasteiger charge is 2.26. The fourth-order valence-electron chi connectivity index (χ4n) is 3.08. The summed E-state index contributed by atoms with van der Waals surface area (Å²) in [7, 11) is 0. The van der Waals surface area contributed by atoms with E-state index in [1.165, 1.54) is 24.1 Å². The zero-order valence-corrected chi connectivity index (χ0v) is 12.4. The maximum Gasteiger partial charge on any atom is 0.0781 e. The second-order valence-corrected chi connectivity index (χ2v) is 5.65. The predicted octanol–water partition coefficient (Wildman–Crippen LogP) is 2.48. The predicted molar refractivity (Wildman–Crippen MR) is 77.2 cm³/mol. The number of nitrogens with one attached hydrogen (secondary N) is 1. The topological polar surface area (TPSA) is 50.1 Å². The first kappa shape index (κ1) is 14.5. The maximum absolute atomic E-state index is 10.3. The first-order valence-electron chi connectivity index (χ1n) is 7.58. The maximum atomic E-state index is 10.3. The summed E-state index contributed by atoms with van der Waals surface area (Å²) in [6.45, 7) is 8.15. The van der Waals surface area contributed by atoms with E-state index in [1.807, 2.05) is 0 Å². The van der Waals surface area contributed by atoms with Crippen LogP contribution in [0.3, 0.4) is 0 Å². The Morgan fingerprint density at radius 3 is 2.74 bits per heavy atom. The minimum Gasteiger partial charge on any atom is -0.391 e. The van der Waals surface area contributed by atoms with E-state index in [2.05, 4.69) is 30.8 Å². The number of hydrogen-bond donors (Lipinski definition) is 2. The molecule has 1 fully saturated rings. The minimum atomic E-state index is -0.243. The number of aliphatic hydroxyl groups is 1. The van der Waals surface area contributed by atoms with E-state index >= 15 is 0 Å². The van der Waals surface area contributed by atoms with Gasteiger partial charge in [-0.3, -0.25) is 4.68 Å². The molecule has 0 bridgehead atoms. The lowest BCUT2D eigenvalue weighted by molar-refractivity contribution is 0.0977. The van der Waals surface area contributed by atoms with E-state index in [1.54, 1.807) is 0 Å². The Labute approximate surface area is 116 Å². The molecule has 1 heterocycles. The first-order chi connectivity index (χ1) is 9.15. The molecule has 19 heavy (non-hydrogen) atoms. The van der Waals surface area contributed by atoms with Gasteiger partial charge in [0.05, 0.1) is 17.8 Å². The minimum absolute atomic E-state index is 0.163. The molecule has 0 amide bonds. The Hall–Kier alpha value is -0.870. The van der Waals surface area contributed by atoms with Crippen LogP contribution >= 0.6 is 0 Å². The average Bonchev–Trinajstić information content (AvgIpc) is 2.55. The number of hydrogen-bond acceptors (Lipinski definition) is 3. The van der Waals surface area contributed by atoms with Gasteiger partial charge in [0.15, 0.2) is 0 Å². The third-order valence-electron chi connectivity index (χ3n) is 4.28. The summed E-state index contributed by atoms with van der Waals surface area (Å²) in [5, 5.41) is 18.4. The number of aliphatic hydroxyl groups excluding tert-OH is 1. The first-order valence-corrected chi connectivity index (χ1v) is 7.58. The van der Waals surface area contributed by atoms with Gasteiger partial charge in [-0.25, -0.2) is 0 Å². The fraction of sp³-hybridized carbons (Fsp3) is 0.800. The highest BCUT2D eigenvalue weighted by molar-refractivity contribution is 5.25. The second kappa shape index (κ2) is 6.53. The third-order valence-corrected chi connectivity index (χ3v) is 4.28. The van der Waals surface area contributed by atoms with E-state index in [9.17, 15) is 5.11 Å². The molecule has 0 spiro atoms. The van der Waals surface area contributed by atoms with Gasteiger partial charge >= 0.3 is 0 Å². The number of nitrogens with zero attached hydrogens (tertiary/aromatic N) is 2. The van der Waals surface area contributed by atoms with Crippen molar-refractivity contribution in [1.82, 2.24) is 15.1 Å². The lowest BCUT2D eigenvalue weighted by atomic mass is 10.1. The Kier molecular flexibility index (Phi) is 4.99. The van der Waals surface area contributed by atoms with Gasteiger partial charge in [-0.15, -0.1) is 0 Å². The molecule has 1 saturated carbocycles. The van der Waals surface area contributed by atoms with Crippen molar-refractivity contribution >= 4 is 0 Å². The van der Waals surface area contributed by atoms with Gasteiger partial charge in [-0.2, -0.15) is 5.10 Å². The van der Waals surface area contributed by atoms with Gasteiger partial charge < -0.3 is 10.4 Å². The van der Waals surface area contributed by atoms with Crippen LogP contribution in [0.2, 0.25) is 0 Å². The number of rotatable bonds is 4. The molecule has 2 atom stereocenters. The summed E-state index contributed by atoms with van der Waals surface area (Å²) in [6.07, 6.45) is 5.28. The summed E-state index contributed by atoms with van der Waals surface area (Å²) in [6, 6.07) is 0.163. The fourth-order valence-corrected chi connectivity index (χ4v) is 3.08. The van der Waals surface area contributed by atoms with Gasteiger partial charge in [0, 0.05) is 17.8 Å². The van der Waals surface area contributed by atoms with Crippen LogP contribution in [-0.4, -0.2) is 27.5 Å². The van der Waals surface area contributed by atoms with E-state index in [0.717, 1.165) is 38.0 Å². The Balaban J connectivity index is 2.23. The molecule has 0 aliphatic heterocycles. The van der Waals surface area contributed by atoms with Gasteiger partial charge in [0.2, 0.25) is 0 Å². The molecule has 1 aliphatic carbocycles. The zero-order chi connectivity index (χ0) is 13.8. The summed E-state index contributed by atoms with van der Waals surface area (Å²) >= 11 is 0. The van der Waals surface area contributed by atoms with Crippen molar-refractivity contribution in [3.8, 4) is 0 Å². The van der Waals surface area contributed by atoms with Gasteiger partial charge in [0.1, 0.15) is 0 Å². The molecule has 2 unspecified atom stereocenters. The van der Waals surface area contributed by atoms with E-state index in [0.29, 0.717) is 0 Å². The third kappa shape index (κ3) is 3.18. The Morgan fingerprint density at radius 2 is 2.00 bits per heavy atom.